The van der Waals surface area contributed by atoms with Crippen molar-refractivity contribution >= 4 is 28.5 Å². The Morgan fingerprint density at radius 2 is 2.16 bits per heavy atom. The van der Waals surface area contributed by atoms with E-state index >= 15 is 0 Å². The zero-order valence-corrected chi connectivity index (χ0v) is 13.1. The van der Waals surface area contributed by atoms with E-state index in [2.05, 4.69) is 0 Å². The standard InChI is InChI=1S/C14H18INO3/c1-19-9-10-4-6-16(7-5-10)14(18)11-2-3-12(15)13(17)8-11/h2-3,8,10,17H,4-7,9H2,1H3. The molecule has 1 aromatic carbocycles. The normalized spacial score (nSPS) is 16.6. The van der Waals surface area contributed by atoms with Crippen molar-refractivity contribution in [2.24, 2.45) is 5.92 Å². The maximum absolute atomic E-state index is 12.3. The highest BCUT2D eigenvalue weighted by molar-refractivity contribution is 14.1. The molecule has 0 radical (unpaired) electrons. The Morgan fingerprint density at radius 3 is 2.74 bits per heavy atom. The fourth-order valence-electron chi connectivity index (χ4n) is 2.37. The smallest absolute Gasteiger partial charge is 0.253 e. The number of hydrogen-bond donors (Lipinski definition) is 1. The monoisotopic (exact) mass is 375 g/mol. The van der Waals surface area contributed by atoms with Gasteiger partial charge in [-0.05, 0) is 59.5 Å². The largest absolute Gasteiger partial charge is 0.507 e. The van der Waals surface area contributed by atoms with Crippen molar-refractivity contribution in [1.82, 2.24) is 4.90 Å². The van der Waals surface area contributed by atoms with Gasteiger partial charge in [-0.3, -0.25) is 4.79 Å². The van der Waals surface area contributed by atoms with Gasteiger partial charge in [0.25, 0.3) is 5.91 Å². The van der Waals surface area contributed by atoms with Gasteiger partial charge >= 0.3 is 0 Å². The number of amides is 1. The number of piperidine rings is 1. The van der Waals surface area contributed by atoms with E-state index < -0.39 is 0 Å². The Morgan fingerprint density at radius 1 is 1.47 bits per heavy atom. The van der Waals surface area contributed by atoms with Gasteiger partial charge in [0, 0.05) is 32.4 Å². The van der Waals surface area contributed by atoms with Gasteiger partial charge in [0.1, 0.15) is 5.75 Å². The van der Waals surface area contributed by atoms with Crippen molar-refractivity contribution in [1.29, 1.82) is 0 Å². The highest BCUT2D eigenvalue weighted by Crippen LogP contribution is 2.23. The van der Waals surface area contributed by atoms with E-state index in [1.807, 2.05) is 27.5 Å². The maximum atomic E-state index is 12.3. The van der Waals surface area contributed by atoms with Crippen molar-refractivity contribution in [3.63, 3.8) is 0 Å². The van der Waals surface area contributed by atoms with E-state index in [1.54, 1.807) is 25.3 Å². The van der Waals surface area contributed by atoms with Crippen LogP contribution in [0.15, 0.2) is 18.2 Å². The minimum atomic E-state index is 0.00238. The molecule has 1 heterocycles. The Bertz CT molecular complexity index is 456. The summed E-state index contributed by atoms with van der Waals surface area (Å²) in [5, 5.41) is 9.66. The molecule has 0 spiro atoms. The Balaban J connectivity index is 1.99. The molecule has 1 N–H and O–H groups in total. The second kappa shape index (κ2) is 6.56. The second-order valence-electron chi connectivity index (χ2n) is 4.86. The number of halogens is 1. The third-order valence-corrected chi connectivity index (χ3v) is 4.41. The number of ether oxygens (including phenoxy) is 1. The van der Waals surface area contributed by atoms with E-state index in [9.17, 15) is 9.90 Å². The predicted molar refractivity (Wildman–Crippen MR) is 81.3 cm³/mol. The third kappa shape index (κ3) is 3.60. The van der Waals surface area contributed by atoms with Crippen LogP contribution in [0.25, 0.3) is 0 Å². The van der Waals surface area contributed by atoms with Gasteiger partial charge in [0.2, 0.25) is 0 Å². The minimum absolute atomic E-state index is 0.00238. The van der Waals surface area contributed by atoms with Gasteiger partial charge in [0.15, 0.2) is 0 Å². The zero-order chi connectivity index (χ0) is 13.8. The summed E-state index contributed by atoms with van der Waals surface area (Å²) in [5.41, 5.74) is 0.558. The Hall–Kier alpha value is -0.820. The average Bonchev–Trinajstić information content (AvgIpc) is 2.42. The summed E-state index contributed by atoms with van der Waals surface area (Å²) in [4.78, 5) is 14.2. The number of benzene rings is 1. The Kier molecular flexibility index (Phi) is 5.04. The summed E-state index contributed by atoms with van der Waals surface area (Å²) in [6.45, 7) is 2.30. The molecule has 2 rings (SSSR count). The Labute approximate surface area is 126 Å². The molecular formula is C14H18INO3. The average molecular weight is 375 g/mol. The molecule has 5 heteroatoms. The van der Waals surface area contributed by atoms with Crippen molar-refractivity contribution in [2.45, 2.75) is 12.8 Å². The van der Waals surface area contributed by atoms with Gasteiger partial charge in [0.05, 0.1) is 3.57 Å². The molecule has 0 atom stereocenters. The van der Waals surface area contributed by atoms with Crippen LogP contribution in [0, 0.1) is 9.49 Å². The summed E-state index contributed by atoms with van der Waals surface area (Å²) in [6, 6.07) is 5.08. The van der Waals surface area contributed by atoms with Gasteiger partial charge in [-0.15, -0.1) is 0 Å². The molecule has 1 amide bonds. The quantitative estimate of drug-likeness (QED) is 0.826. The van der Waals surface area contributed by atoms with Crippen molar-refractivity contribution in [3.8, 4) is 5.75 Å². The molecule has 1 fully saturated rings. The predicted octanol–water partition coefficient (Wildman–Crippen LogP) is 2.50. The number of phenolic OH excluding ortho intramolecular Hbond substituents is 1. The molecule has 0 bridgehead atoms. The van der Waals surface area contributed by atoms with Crippen LogP contribution in [0.4, 0.5) is 0 Å². The van der Waals surface area contributed by atoms with Crippen LogP contribution >= 0.6 is 22.6 Å². The van der Waals surface area contributed by atoms with Crippen LogP contribution < -0.4 is 0 Å². The molecule has 1 aliphatic rings. The van der Waals surface area contributed by atoms with Crippen LogP contribution in [0.5, 0.6) is 5.75 Å². The number of phenols is 1. The molecular weight excluding hydrogens is 357 g/mol. The summed E-state index contributed by atoms with van der Waals surface area (Å²) >= 11 is 2.04. The number of likely N-dealkylation sites (tertiary alicyclic amines) is 1. The first-order valence-electron chi connectivity index (χ1n) is 6.38. The summed E-state index contributed by atoms with van der Waals surface area (Å²) in [6.07, 6.45) is 1.96. The third-order valence-electron chi connectivity index (χ3n) is 3.50. The molecule has 0 saturated carbocycles. The van der Waals surface area contributed by atoms with Crippen LogP contribution in [0.1, 0.15) is 23.2 Å². The van der Waals surface area contributed by atoms with Crippen LogP contribution in [-0.2, 0) is 4.74 Å². The highest BCUT2D eigenvalue weighted by Gasteiger charge is 2.23. The van der Waals surface area contributed by atoms with E-state index in [-0.39, 0.29) is 11.7 Å². The molecule has 104 valence electrons. The molecule has 0 aromatic heterocycles. The van der Waals surface area contributed by atoms with Crippen molar-refractivity contribution in [3.05, 3.63) is 27.3 Å². The number of aromatic hydroxyl groups is 1. The number of rotatable bonds is 3. The molecule has 0 aliphatic carbocycles. The first kappa shape index (κ1) is 14.6. The number of hydrogen-bond acceptors (Lipinski definition) is 3. The maximum Gasteiger partial charge on any atom is 0.253 e. The SMILES string of the molecule is COCC1CCN(C(=O)c2ccc(I)c(O)c2)CC1. The number of carbonyl (C=O) groups is 1. The molecule has 4 nitrogen and oxygen atoms in total. The summed E-state index contributed by atoms with van der Waals surface area (Å²) in [7, 11) is 1.71. The minimum Gasteiger partial charge on any atom is -0.507 e. The fraction of sp³-hybridized carbons (Fsp3) is 0.500. The van der Waals surface area contributed by atoms with E-state index in [4.69, 9.17) is 4.74 Å². The number of nitrogens with zero attached hydrogens (tertiary/aromatic N) is 1. The van der Waals surface area contributed by atoms with E-state index in [0.717, 1.165) is 36.1 Å². The lowest BCUT2D eigenvalue weighted by Gasteiger charge is -2.31. The molecule has 1 saturated heterocycles. The first-order chi connectivity index (χ1) is 9.11. The summed E-state index contributed by atoms with van der Waals surface area (Å²) in [5.74, 6) is 0.725. The topological polar surface area (TPSA) is 49.8 Å². The lowest BCUT2D eigenvalue weighted by Crippen LogP contribution is -2.39. The zero-order valence-electron chi connectivity index (χ0n) is 10.9. The van der Waals surface area contributed by atoms with Gasteiger partial charge < -0.3 is 14.7 Å². The molecule has 1 aromatic rings. The molecule has 19 heavy (non-hydrogen) atoms. The second-order valence-corrected chi connectivity index (χ2v) is 6.02. The van der Waals surface area contributed by atoms with Gasteiger partial charge in [-0.1, -0.05) is 0 Å². The van der Waals surface area contributed by atoms with Crippen LogP contribution in [0.2, 0.25) is 0 Å². The lowest BCUT2D eigenvalue weighted by molar-refractivity contribution is 0.0613. The number of methoxy groups -OCH3 is 1. The molecule has 1 aliphatic heterocycles. The van der Waals surface area contributed by atoms with Crippen LogP contribution in [-0.4, -0.2) is 42.7 Å². The van der Waals surface area contributed by atoms with Crippen molar-refractivity contribution < 1.29 is 14.6 Å². The van der Waals surface area contributed by atoms with Gasteiger partial charge in [-0.2, -0.15) is 0 Å². The van der Waals surface area contributed by atoms with Crippen molar-refractivity contribution in [2.75, 3.05) is 26.8 Å². The molecule has 0 unspecified atom stereocenters. The van der Waals surface area contributed by atoms with Crippen LogP contribution in [0.3, 0.4) is 0 Å². The van der Waals surface area contributed by atoms with E-state index in [0.29, 0.717) is 11.5 Å². The van der Waals surface area contributed by atoms with Gasteiger partial charge in [-0.25, -0.2) is 0 Å². The highest BCUT2D eigenvalue weighted by atomic mass is 127. The van der Waals surface area contributed by atoms with E-state index in [1.165, 1.54) is 0 Å². The summed E-state index contributed by atoms with van der Waals surface area (Å²) < 4.78 is 5.91. The fourth-order valence-corrected chi connectivity index (χ4v) is 2.70. The number of carbonyl (C=O) groups excluding carboxylic acids is 1. The first-order valence-corrected chi connectivity index (χ1v) is 7.46. The lowest BCUT2D eigenvalue weighted by atomic mass is 9.97.